The molecule has 2 heterocycles. The second-order valence-electron chi connectivity index (χ2n) is 8.54. The summed E-state index contributed by atoms with van der Waals surface area (Å²) < 4.78 is 5.29. The number of aliphatic hydroxyl groups excluding tert-OH is 1. The van der Waals surface area contributed by atoms with Crippen LogP contribution in [0.1, 0.15) is 0 Å². The van der Waals surface area contributed by atoms with E-state index in [2.05, 4.69) is 74.7 Å². The molecule has 1 fully saturated rings. The van der Waals surface area contributed by atoms with Gasteiger partial charge in [-0.2, -0.15) is 0 Å². The van der Waals surface area contributed by atoms with Crippen LogP contribution in [0, 0.1) is 0 Å². The summed E-state index contributed by atoms with van der Waals surface area (Å²) in [5.41, 5.74) is 6.55. The fourth-order valence-corrected chi connectivity index (χ4v) is 4.50. The van der Waals surface area contributed by atoms with Crippen LogP contribution < -0.4 is 15.0 Å². The number of nitrogens with zero attached hydrogens (tertiary/aromatic N) is 3. The topological polar surface area (TPSA) is 60.9 Å². The van der Waals surface area contributed by atoms with Crippen LogP contribution in [-0.4, -0.2) is 61.4 Å². The van der Waals surface area contributed by atoms with E-state index in [1.807, 2.05) is 24.4 Å². The molecule has 6 heteroatoms. The molecule has 1 saturated heterocycles. The number of benzene rings is 3. The van der Waals surface area contributed by atoms with Gasteiger partial charge in [0.05, 0.1) is 19.2 Å². The first-order valence-electron chi connectivity index (χ1n) is 11.7. The molecule has 0 unspecified atom stereocenters. The van der Waals surface area contributed by atoms with Crippen molar-refractivity contribution >= 4 is 28.0 Å². The number of pyridine rings is 1. The van der Waals surface area contributed by atoms with Crippen molar-refractivity contribution < 1.29 is 9.84 Å². The van der Waals surface area contributed by atoms with E-state index in [0.717, 1.165) is 71.9 Å². The number of rotatable bonds is 7. The molecule has 0 saturated carbocycles. The number of piperazine rings is 1. The lowest BCUT2D eigenvalue weighted by Crippen LogP contribution is -2.47. The van der Waals surface area contributed by atoms with Gasteiger partial charge in [0.2, 0.25) is 0 Å². The van der Waals surface area contributed by atoms with Gasteiger partial charge in [0.25, 0.3) is 0 Å². The molecule has 0 atom stereocenters. The predicted molar refractivity (Wildman–Crippen MR) is 139 cm³/mol. The molecule has 0 aliphatic carbocycles. The molecule has 4 aromatic rings. The van der Waals surface area contributed by atoms with Crippen molar-refractivity contribution in [1.29, 1.82) is 0 Å². The van der Waals surface area contributed by atoms with Crippen LogP contribution in [0.3, 0.4) is 0 Å². The van der Waals surface area contributed by atoms with Crippen LogP contribution in [0.4, 0.5) is 17.1 Å². The highest BCUT2D eigenvalue weighted by atomic mass is 16.5. The van der Waals surface area contributed by atoms with E-state index < -0.39 is 0 Å². The molecular formula is C28H30N4O2. The number of hydrogen-bond acceptors (Lipinski definition) is 6. The summed E-state index contributed by atoms with van der Waals surface area (Å²) in [4.78, 5) is 9.26. The number of aromatic nitrogens is 1. The summed E-state index contributed by atoms with van der Waals surface area (Å²) in [7, 11) is 1.68. The lowest BCUT2D eigenvalue weighted by molar-refractivity contribution is 0.189. The van der Waals surface area contributed by atoms with Crippen LogP contribution in [0.15, 0.2) is 79.0 Å². The maximum Gasteiger partial charge on any atom is 0.118 e. The van der Waals surface area contributed by atoms with Gasteiger partial charge in [-0.25, -0.2) is 0 Å². The first kappa shape index (κ1) is 22.2. The molecule has 34 heavy (non-hydrogen) atoms. The highest BCUT2D eigenvalue weighted by Crippen LogP contribution is 2.31. The van der Waals surface area contributed by atoms with Gasteiger partial charge in [-0.15, -0.1) is 0 Å². The van der Waals surface area contributed by atoms with Gasteiger partial charge in [0, 0.05) is 61.4 Å². The Balaban J connectivity index is 1.34. The van der Waals surface area contributed by atoms with Crippen molar-refractivity contribution in [2.24, 2.45) is 0 Å². The average molecular weight is 455 g/mol. The number of fused-ring (bicyclic) bond motifs is 1. The molecule has 2 N–H and O–H groups in total. The molecule has 0 spiro atoms. The summed E-state index contributed by atoms with van der Waals surface area (Å²) >= 11 is 0. The summed E-state index contributed by atoms with van der Waals surface area (Å²) in [6.45, 7) is 4.93. The minimum absolute atomic E-state index is 0.228. The number of methoxy groups -OCH3 is 1. The largest absolute Gasteiger partial charge is 0.497 e. The Labute approximate surface area is 200 Å². The Morgan fingerprint density at radius 1 is 0.882 bits per heavy atom. The van der Waals surface area contributed by atoms with E-state index in [1.165, 1.54) is 5.69 Å². The number of nitrogens with one attached hydrogen (secondary N) is 1. The number of hydrogen-bond donors (Lipinski definition) is 2. The first-order valence-corrected chi connectivity index (χ1v) is 11.7. The van der Waals surface area contributed by atoms with Crippen LogP contribution in [-0.2, 0) is 0 Å². The fourth-order valence-electron chi connectivity index (χ4n) is 4.50. The Kier molecular flexibility index (Phi) is 6.60. The standard InChI is InChI=1S/C28H30N4O2/c1-34-25-9-2-21(3-10-25)22-4-11-27-26(20-22)28(12-13-29-27)30-23-5-7-24(8-6-23)32-16-14-31(15-17-32)18-19-33/h2-13,20,33H,14-19H2,1H3,(H,29,30). The van der Waals surface area contributed by atoms with Crippen molar-refractivity contribution in [1.82, 2.24) is 9.88 Å². The lowest BCUT2D eigenvalue weighted by atomic mass is 10.0. The summed E-state index contributed by atoms with van der Waals surface area (Å²) in [5, 5.41) is 13.8. The molecule has 174 valence electrons. The third-order valence-electron chi connectivity index (χ3n) is 6.46. The minimum Gasteiger partial charge on any atom is -0.497 e. The highest BCUT2D eigenvalue weighted by molar-refractivity contribution is 5.95. The summed E-state index contributed by atoms with van der Waals surface area (Å²) in [6.07, 6.45) is 1.85. The SMILES string of the molecule is COc1ccc(-c2ccc3nccc(Nc4ccc(N5CCN(CCO)CC5)cc4)c3c2)cc1. The van der Waals surface area contributed by atoms with Crippen molar-refractivity contribution in [2.45, 2.75) is 0 Å². The average Bonchev–Trinajstić information content (AvgIpc) is 2.90. The zero-order valence-electron chi connectivity index (χ0n) is 19.4. The Hall–Kier alpha value is -3.61. The number of ether oxygens (including phenoxy) is 1. The Morgan fingerprint density at radius 2 is 1.62 bits per heavy atom. The van der Waals surface area contributed by atoms with E-state index in [1.54, 1.807) is 7.11 Å². The van der Waals surface area contributed by atoms with E-state index in [0.29, 0.717) is 0 Å². The van der Waals surface area contributed by atoms with E-state index in [9.17, 15) is 0 Å². The van der Waals surface area contributed by atoms with Gasteiger partial charge >= 0.3 is 0 Å². The zero-order chi connectivity index (χ0) is 23.3. The Morgan fingerprint density at radius 3 is 2.32 bits per heavy atom. The van der Waals surface area contributed by atoms with Crippen LogP contribution in [0.5, 0.6) is 5.75 Å². The normalized spacial score (nSPS) is 14.4. The minimum atomic E-state index is 0.228. The monoisotopic (exact) mass is 454 g/mol. The van der Waals surface area contributed by atoms with Gasteiger partial charge in [-0.05, 0) is 65.7 Å². The van der Waals surface area contributed by atoms with Crippen LogP contribution in [0.25, 0.3) is 22.0 Å². The van der Waals surface area contributed by atoms with Crippen molar-refractivity contribution in [3.63, 3.8) is 0 Å². The third kappa shape index (κ3) is 4.83. The van der Waals surface area contributed by atoms with Gasteiger partial charge in [0.15, 0.2) is 0 Å². The molecule has 0 radical (unpaired) electrons. The predicted octanol–water partition coefficient (Wildman–Crippen LogP) is 4.77. The first-order chi connectivity index (χ1) is 16.7. The van der Waals surface area contributed by atoms with Crippen molar-refractivity contribution in [3.05, 3.63) is 79.0 Å². The van der Waals surface area contributed by atoms with E-state index >= 15 is 0 Å². The maximum absolute atomic E-state index is 9.14. The molecule has 3 aromatic carbocycles. The Bertz CT molecular complexity index is 1230. The summed E-state index contributed by atoms with van der Waals surface area (Å²) in [5.74, 6) is 0.851. The lowest BCUT2D eigenvalue weighted by Gasteiger charge is -2.35. The molecule has 1 aliphatic heterocycles. The molecule has 5 rings (SSSR count). The molecule has 1 aromatic heterocycles. The van der Waals surface area contributed by atoms with Crippen LogP contribution >= 0.6 is 0 Å². The molecule has 0 amide bonds. The molecule has 1 aliphatic rings. The zero-order valence-corrected chi connectivity index (χ0v) is 19.4. The van der Waals surface area contributed by atoms with Crippen LogP contribution in [0.2, 0.25) is 0 Å². The molecule has 6 nitrogen and oxygen atoms in total. The summed E-state index contributed by atoms with van der Waals surface area (Å²) in [6, 6.07) is 25.1. The number of β-amino-alcohol motifs (C(OH)–C–C–N with tert-alkyl or cyclic N) is 1. The highest BCUT2D eigenvalue weighted by Gasteiger charge is 2.16. The second-order valence-corrected chi connectivity index (χ2v) is 8.54. The van der Waals surface area contributed by atoms with Gasteiger partial charge in [-0.1, -0.05) is 18.2 Å². The van der Waals surface area contributed by atoms with Gasteiger partial charge in [0.1, 0.15) is 5.75 Å². The van der Waals surface area contributed by atoms with Gasteiger partial charge in [-0.3, -0.25) is 9.88 Å². The number of anilines is 3. The fraction of sp³-hybridized carbons (Fsp3) is 0.250. The second kappa shape index (κ2) is 10.1. The van der Waals surface area contributed by atoms with Crippen molar-refractivity contribution in [3.8, 4) is 16.9 Å². The van der Waals surface area contributed by atoms with E-state index in [4.69, 9.17) is 9.84 Å². The quantitative estimate of drug-likeness (QED) is 0.420. The van der Waals surface area contributed by atoms with E-state index in [-0.39, 0.29) is 6.61 Å². The third-order valence-corrected chi connectivity index (χ3v) is 6.46. The maximum atomic E-state index is 9.14. The molecule has 0 bridgehead atoms. The smallest absolute Gasteiger partial charge is 0.118 e. The molecular weight excluding hydrogens is 424 g/mol. The van der Waals surface area contributed by atoms with Gasteiger partial charge < -0.3 is 20.1 Å². The van der Waals surface area contributed by atoms with Crippen molar-refractivity contribution in [2.75, 3.05) is 56.7 Å². The number of aliphatic hydroxyl groups is 1.